The topological polar surface area (TPSA) is 29.9 Å². The molecule has 0 amide bonds. The first kappa shape index (κ1) is 14.0. The van der Waals surface area contributed by atoms with Crippen LogP contribution in [0, 0.1) is 0 Å². The molecule has 106 valence electrons. The highest BCUT2D eigenvalue weighted by molar-refractivity contribution is 7.99. The molecule has 1 aliphatic rings. The Bertz CT molecular complexity index is 556. The fourth-order valence-electron chi connectivity index (χ4n) is 2.53. The number of hydrogen-bond donors (Lipinski definition) is 1. The second-order valence-corrected chi connectivity index (χ2v) is 6.52. The molecular formula is C15H18ClN3S. The second-order valence-electron chi connectivity index (χ2n) is 4.95. The summed E-state index contributed by atoms with van der Waals surface area (Å²) >= 11 is 8.05. The van der Waals surface area contributed by atoms with Gasteiger partial charge in [-0.2, -0.15) is 5.10 Å². The van der Waals surface area contributed by atoms with E-state index in [0.29, 0.717) is 6.04 Å². The van der Waals surface area contributed by atoms with E-state index < -0.39 is 0 Å². The molecule has 1 aliphatic heterocycles. The largest absolute Gasteiger partial charge is 0.310 e. The predicted octanol–water partition coefficient (Wildman–Crippen LogP) is 3.75. The van der Waals surface area contributed by atoms with Crippen molar-refractivity contribution in [2.75, 3.05) is 12.3 Å². The molecule has 0 saturated heterocycles. The predicted molar refractivity (Wildman–Crippen MR) is 84.4 cm³/mol. The zero-order chi connectivity index (χ0) is 13.8. The molecule has 0 aliphatic carbocycles. The van der Waals surface area contributed by atoms with Crippen LogP contribution in [-0.4, -0.2) is 22.1 Å². The lowest BCUT2D eigenvalue weighted by Gasteiger charge is -2.26. The van der Waals surface area contributed by atoms with Crippen LogP contribution in [0.15, 0.2) is 41.6 Å². The third-order valence-corrected chi connectivity index (χ3v) is 4.88. The Morgan fingerprint density at radius 1 is 1.45 bits per heavy atom. The van der Waals surface area contributed by atoms with E-state index in [0.717, 1.165) is 24.5 Å². The number of halogens is 1. The summed E-state index contributed by atoms with van der Waals surface area (Å²) in [5, 5.41) is 8.70. The van der Waals surface area contributed by atoms with Gasteiger partial charge < -0.3 is 5.32 Å². The summed E-state index contributed by atoms with van der Waals surface area (Å²) in [6, 6.07) is 8.62. The minimum absolute atomic E-state index is 0.433. The van der Waals surface area contributed by atoms with Crippen molar-refractivity contribution in [3.63, 3.8) is 0 Å². The lowest BCUT2D eigenvalue weighted by atomic mass is 10.0. The van der Waals surface area contributed by atoms with Crippen LogP contribution in [0.3, 0.4) is 0 Å². The van der Waals surface area contributed by atoms with Crippen LogP contribution < -0.4 is 5.32 Å². The third kappa shape index (κ3) is 3.37. The molecule has 3 rings (SSSR count). The number of aromatic nitrogens is 2. The zero-order valence-electron chi connectivity index (χ0n) is 11.3. The van der Waals surface area contributed by atoms with E-state index in [-0.39, 0.29) is 0 Å². The van der Waals surface area contributed by atoms with Crippen LogP contribution in [0.5, 0.6) is 0 Å². The SMILES string of the molecule is Clc1ccc2c(c1)C(NCCCn1cccn1)CCS2. The number of nitrogens with one attached hydrogen (secondary N) is 1. The first-order chi connectivity index (χ1) is 9.83. The van der Waals surface area contributed by atoms with Crippen molar-refractivity contribution in [2.24, 2.45) is 0 Å². The molecule has 1 N–H and O–H groups in total. The van der Waals surface area contributed by atoms with E-state index in [1.807, 2.05) is 41.0 Å². The normalized spacial score (nSPS) is 17.9. The molecule has 1 aromatic carbocycles. The van der Waals surface area contributed by atoms with E-state index in [1.54, 1.807) is 0 Å². The number of thioether (sulfide) groups is 1. The number of hydrogen-bond acceptors (Lipinski definition) is 3. The summed E-state index contributed by atoms with van der Waals surface area (Å²) in [5.41, 5.74) is 1.35. The number of nitrogens with zero attached hydrogens (tertiary/aromatic N) is 2. The van der Waals surface area contributed by atoms with Gasteiger partial charge in [0.25, 0.3) is 0 Å². The van der Waals surface area contributed by atoms with E-state index in [2.05, 4.69) is 22.5 Å². The van der Waals surface area contributed by atoms with E-state index in [1.165, 1.54) is 22.6 Å². The van der Waals surface area contributed by atoms with Crippen molar-refractivity contribution >= 4 is 23.4 Å². The molecule has 0 spiro atoms. The van der Waals surface area contributed by atoms with Crippen LogP contribution >= 0.6 is 23.4 Å². The Labute approximate surface area is 128 Å². The van der Waals surface area contributed by atoms with E-state index >= 15 is 0 Å². The quantitative estimate of drug-likeness (QED) is 0.853. The molecule has 0 radical (unpaired) electrons. The van der Waals surface area contributed by atoms with Crippen molar-refractivity contribution in [2.45, 2.75) is 30.3 Å². The van der Waals surface area contributed by atoms with Gasteiger partial charge in [-0.1, -0.05) is 11.6 Å². The van der Waals surface area contributed by atoms with Gasteiger partial charge >= 0.3 is 0 Å². The molecule has 0 bridgehead atoms. The first-order valence-electron chi connectivity index (χ1n) is 6.96. The van der Waals surface area contributed by atoms with Gasteiger partial charge in [-0.25, -0.2) is 0 Å². The number of benzene rings is 1. The van der Waals surface area contributed by atoms with Gasteiger partial charge in [-0.05, 0) is 55.0 Å². The van der Waals surface area contributed by atoms with Crippen molar-refractivity contribution in [3.8, 4) is 0 Å². The number of rotatable bonds is 5. The molecule has 3 nitrogen and oxygen atoms in total. The van der Waals surface area contributed by atoms with Gasteiger partial charge in [0.2, 0.25) is 0 Å². The molecule has 2 heterocycles. The van der Waals surface area contributed by atoms with Crippen LogP contribution in [0.25, 0.3) is 0 Å². The Morgan fingerprint density at radius 2 is 2.40 bits per heavy atom. The zero-order valence-corrected chi connectivity index (χ0v) is 12.8. The summed E-state index contributed by atoms with van der Waals surface area (Å²) in [6.45, 7) is 1.96. The molecule has 5 heteroatoms. The summed E-state index contributed by atoms with van der Waals surface area (Å²) < 4.78 is 1.98. The minimum atomic E-state index is 0.433. The lowest BCUT2D eigenvalue weighted by molar-refractivity contribution is 0.474. The monoisotopic (exact) mass is 307 g/mol. The van der Waals surface area contributed by atoms with Gasteiger partial charge in [-0.3, -0.25) is 4.68 Å². The summed E-state index contributed by atoms with van der Waals surface area (Å²) in [5.74, 6) is 1.17. The summed E-state index contributed by atoms with van der Waals surface area (Å²) in [6.07, 6.45) is 6.08. The number of aryl methyl sites for hydroxylation is 1. The van der Waals surface area contributed by atoms with Gasteiger partial charge in [0, 0.05) is 34.9 Å². The average Bonchev–Trinajstić information content (AvgIpc) is 2.97. The second kappa shape index (κ2) is 6.66. The standard InChI is InChI=1S/C15H18ClN3S/c16-12-3-4-15-13(11-12)14(5-10-20-15)17-6-1-8-19-9-2-7-18-19/h2-4,7,9,11,14,17H,1,5-6,8,10H2. The van der Waals surface area contributed by atoms with Crippen LogP contribution in [-0.2, 0) is 6.54 Å². The third-order valence-electron chi connectivity index (χ3n) is 3.53. The molecule has 1 aromatic heterocycles. The molecular weight excluding hydrogens is 290 g/mol. The molecule has 0 fully saturated rings. The lowest BCUT2D eigenvalue weighted by Crippen LogP contribution is -2.26. The van der Waals surface area contributed by atoms with Gasteiger partial charge in [0.1, 0.15) is 0 Å². The molecule has 1 atom stereocenters. The summed E-state index contributed by atoms with van der Waals surface area (Å²) in [4.78, 5) is 1.37. The van der Waals surface area contributed by atoms with Crippen molar-refractivity contribution in [1.29, 1.82) is 0 Å². The fraction of sp³-hybridized carbons (Fsp3) is 0.400. The molecule has 20 heavy (non-hydrogen) atoms. The highest BCUT2D eigenvalue weighted by Crippen LogP contribution is 2.37. The Kier molecular flexibility index (Phi) is 4.65. The minimum Gasteiger partial charge on any atom is -0.310 e. The van der Waals surface area contributed by atoms with Crippen LogP contribution in [0.2, 0.25) is 5.02 Å². The van der Waals surface area contributed by atoms with Crippen LogP contribution in [0.4, 0.5) is 0 Å². The maximum atomic E-state index is 6.12. The van der Waals surface area contributed by atoms with Crippen molar-refractivity contribution in [1.82, 2.24) is 15.1 Å². The van der Waals surface area contributed by atoms with Gasteiger partial charge in [-0.15, -0.1) is 11.8 Å². The van der Waals surface area contributed by atoms with Crippen molar-refractivity contribution < 1.29 is 0 Å². The smallest absolute Gasteiger partial charge is 0.0489 e. The Balaban J connectivity index is 1.55. The van der Waals surface area contributed by atoms with E-state index in [9.17, 15) is 0 Å². The first-order valence-corrected chi connectivity index (χ1v) is 8.32. The highest BCUT2D eigenvalue weighted by Gasteiger charge is 2.20. The molecule has 2 aromatic rings. The van der Waals surface area contributed by atoms with Crippen LogP contribution in [0.1, 0.15) is 24.4 Å². The Morgan fingerprint density at radius 3 is 3.25 bits per heavy atom. The highest BCUT2D eigenvalue weighted by atomic mass is 35.5. The maximum Gasteiger partial charge on any atom is 0.0489 e. The molecule has 0 saturated carbocycles. The summed E-state index contributed by atoms with van der Waals surface area (Å²) in [7, 11) is 0. The van der Waals surface area contributed by atoms with Crippen molar-refractivity contribution in [3.05, 3.63) is 47.2 Å². The fourth-order valence-corrected chi connectivity index (χ4v) is 3.81. The van der Waals surface area contributed by atoms with Gasteiger partial charge in [0.15, 0.2) is 0 Å². The van der Waals surface area contributed by atoms with Gasteiger partial charge in [0.05, 0.1) is 0 Å². The maximum absolute atomic E-state index is 6.12. The Hall–Kier alpha value is -0.970. The number of fused-ring (bicyclic) bond motifs is 1. The molecule has 1 unspecified atom stereocenters. The average molecular weight is 308 g/mol. The van der Waals surface area contributed by atoms with E-state index in [4.69, 9.17) is 11.6 Å².